The predicted octanol–water partition coefficient (Wildman–Crippen LogP) is 3.94. The van der Waals surface area contributed by atoms with Crippen LogP contribution in [0.25, 0.3) is 0 Å². The molecule has 178 valence electrons. The Morgan fingerprint density at radius 2 is 2.12 bits per heavy atom. The Kier molecular flexibility index (Phi) is 6.19. The van der Waals surface area contributed by atoms with Crippen LogP contribution in [-0.2, 0) is 11.3 Å². The number of para-hydroxylation sites is 1. The van der Waals surface area contributed by atoms with Gasteiger partial charge in [-0.1, -0.05) is 28.5 Å². The highest BCUT2D eigenvalue weighted by Gasteiger charge is 2.45. The molecular formula is C25H26FN3O5. The van der Waals surface area contributed by atoms with Crippen LogP contribution in [0, 0.1) is 12.7 Å². The molecular weight excluding hydrogens is 441 g/mol. The average molecular weight is 467 g/mol. The molecule has 9 heteroatoms. The van der Waals surface area contributed by atoms with E-state index in [0.29, 0.717) is 54.6 Å². The first kappa shape index (κ1) is 22.3. The highest BCUT2D eigenvalue weighted by atomic mass is 19.1. The summed E-state index contributed by atoms with van der Waals surface area (Å²) < 4.78 is 36.2. The minimum absolute atomic E-state index is 0.109. The molecule has 8 nitrogen and oxygen atoms in total. The maximum absolute atomic E-state index is 13.5. The fourth-order valence-corrected chi connectivity index (χ4v) is 4.63. The maximum Gasteiger partial charge on any atom is 0.257 e. The molecule has 1 spiro atoms. The van der Waals surface area contributed by atoms with Gasteiger partial charge in [0.2, 0.25) is 0 Å². The van der Waals surface area contributed by atoms with Crippen LogP contribution in [0.2, 0.25) is 0 Å². The first-order valence-electron chi connectivity index (χ1n) is 11.4. The number of benzene rings is 2. The molecule has 2 aliphatic rings. The van der Waals surface area contributed by atoms with Gasteiger partial charge >= 0.3 is 0 Å². The number of piperidine rings is 1. The molecule has 2 aliphatic heterocycles. The van der Waals surface area contributed by atoms with Crippen LogP contribution in [0.15, 0.2) is 53.2 Å². The van der Waals surface area contributed by atoms with Crippen molar-refractivity contribution < 1.29 is 28.0 Å². The number of hydrogen-bond acceptors (Lipinski definition) is 7. The van der Waals surface area contributed by atoms with Gasteiger partial charge in [-0.2, -0.15) is 0 Å². The smallest absolute Gasteiger partial charge is 0.257 e. The number of hydrogen-bond donors (Lipinski definition) is 0. The first-order valence-corrected chi connectivity index (χ1v) is 11.4. The molecule has 34 heavy (non-hydrogen) atoms. The van der Waals surface area contributed by atoms with Crippen molar-refractivity contribution in [1.29, 1.82) is 0 Å². The Labute approximate surface area is 196 Å². The molecule has 0 bridgehead atoms. The van der Waals surface area contributed by atoms with Crippen LogP contribution < -0.4 is 9.47 Å². The van der Waals surface area contributed by atoms with E-state index in [1.165, 1.54) is 12.1 Å². The third-order valence-electron chi connectivity index (χ3n) is 6.33. The number of aryl methyl sites for hydroxylation is 1. The number of carbonyl (C=O) groups is 1. The lowest BCUT2D eigenvalue weighted by molar-refractivity contribution is -0.0454. The number of aromatic nitrogens is 2. The van der Waals surface area contributed by atoms with E-state index in [1.54, 1.807) is 31.2 Å². The fraction of sp³-hybridized carbons (Fsp3) is 0.400. The van der Waals surface area contributed by atoms with E-state index < -0.39 is 5.60 Å². The van der Waals surface area contributed by atoms with Crippen molar-refractivity contribution in [3.8, 4) is 11.5 Å². The summed E-state index contributed by atoms with van der Waals surface area (Å²) >= 11 is 0. The van der Waals surface area contributed by atoms with Crippen molar-refractivity contribution in [1.82, 2.24) is 15.2 Å². The van der Waals surface area contributed by atoms with Crippen molar-refractivity contribution in [2.45, 2.75) is 44.5 Å². The number of nitrogens with zero attached hydrogens (tertiary/aromatic N) is 3. The van der Waals surface area contributed by atoms with Gasteiger partial charge in [-0.25, -0.2) is 9.02 Å². The lowest BCUT2D eigenvalue weighted by Crippen LogP contribution is -2.50. The van der Waals surface area contributed by atoms with Crippen LogP contribution in [0.3, 0.4) is 0 Å². The van der Waals surface area contributed by atoms with Gasteiger partial charge in [0, 0.05) is 19.0 Å². The minimum Gasteiger partial charge on any atom is -0.488 e. The summed E-state index contributed by atoms with van der Waals surface area (Å²) in [5.74, 6) is 0.520. The number of amides is 1. The number of ether oxygens (including phenoxy) is 3. The zero-order chi connectivity index (χ0) is 23.5. The van der Waals surface area contributed by atoms with E-state index in [9.17, 15) is 9.18 Å². The van der Waals surface area contributed by atoms with E-state index in [1.807, 2.05) is 17.0 Å². The molecule has 0 saturated carbocycles. The number of halogens is 1. The largest absolute Gasteiger partial charge is 0.488 e. The summed E-state index contributed by atoms with van der Waals surface area (Å²) in [6.45, 7) is 3.46. The molecule has 5 rings (SSSR count). The van der Waals surface area contributed by atoms with Gasteiger partial charge < -0.3 is 19.1 Å². The van der Waals surface area contributed by atoms with E-state index in [-0.39, 0.29) is 24.4 Å². The van der Waals surface area contributed by atoms with E-state index >= 15 is 0 Å². The van der Waals surface area contributed by atoms with Gasteiger partial charge in [0.25, 0.3) is 5.91 Å². The van der Waals surface area contributed by atoms with Gasteiger partial charge in [-0.05, 0) is 44.0 Å². The lowest BCUT2D eigenvalue weighted by Gasteiger charge is -2.39. The molecule has 2 atom stereocenters. The molecule has 0 aliphatic carbocycles. The molecule has 0 N–H and O–H groups in total. The molecule has 2 fully saturated rings. The zero-order valence-electron chi connectivity index (χ0n) is 18.9. The van der Waals surface area contributed by atoms with Crippen LogP contribution in [0.5, 0.6) is 11.5 Å². The zero-order valence-corrected chi connectivity index (χ0v) is 18.9. The van der Waals surface area contributed by atoms with Crippen molar-refractivity contribution >= 4 is 5.91 Å². The summed E-state index contributed by atoms with van der Waals surface area (Å²) in [6.07, 6.45) is 2.12. The third-order valence-corrected chi connectivity index (χ3v) is 6.33. The quantitative estimate of drug-likeness (QED) is 0.543. The molecule has 0 radical (unpaired) electrons. The second-order valence-corrected chi connectivity index (χ2v) is 8.81. The summed E-state index contributed by atoms with van der Waals surface area (Å²) in [5, 5.41) is 7.58. The Bertz CT molecular complexity index is 1170. The van der Waals surface area contributed by atoms with E-state index in [4.69, 9.17) is 18.8 Å². The fourth-order valence-electron chi connectivity index (χ4n) is 4.63. The van der Waals surface area contributed by atoms with Crippen molar-refractivity contribution in [2.75, 3.05) is 19.7 Å². The second-order valence-electron chi connectivity index (χ2n) is 8.81. The molecule has 1 aromatic heterocycles. The third kappa shape index (κ3) is 4.75. The number of carbonyl (C=O) groups excluding carboxylic acids is 1. The first-order chi connectivity index (χ1) is 16.5. The highest BCUT2D eigenvalue weighted by Crippen LogP contribution is 2.37. The molecule has 2 aromatic carbocycles. The predicted molar refractivity (Wildman–Crippen MR) is 119 cm³/mol. The molecule has 1 amide bonds. The summed E-state index contributed by atoms with van der Waals surface area (Å²) in [7, 11) is 0. The van der Waals surface area contributed by atoms with E-state index in [2.05, 4.69) is 10.3 Å². The number of rotatable bonds is 6. The number of likely N-dealkylation sites (tertiary alicyclic amines) is 1. The topological polar surface area (TPSA) is 86.9 Å². The standard InChI is InChI=1S/C25H26FN3O5/c1-17-22(28-34-27-17)15-31-23-9-3-2-8-21(23)24(30)29-11-5-10-25(16-29)13-20(14-32-25)33-19-7-4-6-18(26)12-19/h2-4,6-9,12,20H,5,10-11,13-16H2,1H3/t20-,25+/m1/s1. The minimum atomic E-state index is -0.467. The van der Waals surface area contributed by atoms with Crippen LogP contribution in [-0.4, -0.2) is 52.5 Å². The Balaban J connectivity index is 1.25. The van der Waals surface area contributed by atoms with Gasteiger partial charge in [0.05, 0.1) is 24.3 Å². The van der Waals surface area contributed by atoms with Gasteiger partial charge in [-0.15, -0.1) is 0 Å². The van der Waals surface area contributed by atoms with Crippen molar-refractivity contribution in [3.05, 3.63) is 71.3 Å². The van der Waals surface area contributed by atoms with Crippen LogP contribution in [0.4, 0.5) is 4.39 Å². The normalized spacial score (nSPS) is 22.2. The van der Waals surface area contributed by atoms with E-state index in [0.717, 1.165) is 12.8 Å². The lowest BCUT2D eigenvalue weighted by atomic mass is 9.89. The Morgan fingerprint density at radius 1 is 1.24 bits per heavy atom. The maximum atomic E-state index is 13.5. The van der Waals surface area contributed by atoms with Gasteiger partial charge in [0.1, 0.15) is 41.4 Å². The summed E-state index contributed by atoms with van der Waals surface area (Å²) in [6, 6.07) is 13.3. The molecule has 0 unspecified atom stereocenters. The monoisotopic (exact) mass is 467 g/mol. The van der Waals surface area contributed by atoms with Crippen molar-refractivity contribution in [2.24, 2.45) is 0 Å². The van der Waals surface area contributed by atoms with Gasteiger partial charge in [0.15, 0.2) is 0 Å². The molecule has 2 saturated heterocycles. The van der Waals surface area contributed by atoms with Crippen LogP contribution in [0.1, 0.15) is 41.0 Å². The summed E-state index contributed by atoms with van der Waals surface area (Å²) in [5.41, 5.74) is 1.25. The second kappa shape index (κ2) is 9.42. The summed E-state index contributed by atoms with van der Waals surface area (Å²) in [4.78, 5) is 15.3. The molecule has 3 heterocycles. The highest BCUT2D eigenvalue weighted by molar-refractivity contribution is 5.97. The average Bonchev–Trinajstić information content (AvgIpc) is 3.43. The Morgan fingerprint density at radius 3 is 2.94 bits per heavy atom. The molecule has 3 aromatic rings. The van der Waals surface area contributed by atoms with Gasteiger partial charge in [-0.3, -0.25) is 4.79 Å². The SMILES string of the molecule is Cc1nonc1COc1ccccc1C(=O)N1CCC[C@]2(C[C@@H](Oc3cccc(F)c3)CO2)C1. The Hall–Kier alpha value is -3.46. The van der Waals surface area contributed by atoms with Crippen molar-refractivity contribution in [3.63, 3.8) is 0 Å². The van der Waals surface area contributed by atoms with Crippen LogP contribution >= 0.6 is 0 Å².